The molecular formula is C12H6F16O7. The highest BCUT2D eigenvalue weighted by molar-refractivity contribution is 5.03. The Labute approximate surface area is 179 Å². The molecule has 2 N–H and O–H groups in total. The number of aliphatic hydroxyl groups excluding tert-OH is 2. The number of hydrogen-bond donors (Lipinski definition) is 2. The summed E-state index contributed by atoms with van der Waals surface area (Å²) in [5, 5.41) is 17.1. The first-order valence-corrected chi connectivity index (χ1v) is 7.90. The molecule has 208 valence electrons. The lowest BCUT2D eigenvalue weighted by Crippen LogP contribution is -2.65. The van der Waals surface area contributed by atoms with E-state index in [4.69, 9.17) is 10.2 Å². The van der Waals surface area contributed by atoms with E-state index in [0.717, 1.165) is 0 Å². The maximum atomic E-state index is 14.3. The van der Waals surface area contributed by atoms with Crippen molar-refractivity contribution in [3.63, 3.8) is 0 Å². The van der Waals surface area contributed by atoms with Crippen LogP contribution in [-0.2, 0) is 23.7 Å². The molecule has 2 aliphatic heterocycles. The van der Waals surface area contributed by atoms with Gasteiger partial charge in [0, 0.05) is 0 Å². The number of hydrogen-bond acceptors (Lipinski definition) is 7. The molecule has 2 saturated heterocycles. The number of aliphatic hydroxyl groups is 2. The number of halogens is 16. The summed E-state index contributed by atoms with van der Waals surface area (Å²) in [5.41, 5.74) is 0. The third kappa shape index (κ3) is 3.89. The Hall–Kier alpha value is -1.40. The predicted octanol–water partition coefficient (Wildman–Crippen LogP) is 3.30. The van der Waals surface area contributed by atoms with Crippen molar-refractivity contribution in [1.29, 1.82) is 0 Å². The van der Waals surface area contributed by atoms with Crippen molar-refractivity contribution < 1.29 is 104 Å². The third-order valence-corrected chi connectivity index (χ3v) is 4.23. The van der Waals surface area contributed by atoms with Crippen molar-refractivity contribution in [3.05, 3.63) is 0 Å². The molecule has 0 aromatic rings. The van der Waals surface area contributed by atoms with E-state index in [9.17, 15) is 70.2 Å². The fraction of sp³-hybridized carbons (Fsp3) is 1.00. The molecule has 2 heterocycles. The van der Waals surface area contributed by atoms with Gasteiger partial charge in [0.1, 0.15) is 13.2 Å². The number of alkyl halides is 16. The van der Waals surface area contributed by atoms with Crippen LogP contribution in [0.4, 0.5) is 70.2 Å². The average Bonchev–Trinajstić information content (AvgIpc) is 3.00. The van der Waals surface area contributed by atoms with Gasteiger partial charge in [-0.15, -0.1) is 0 Å². The second-order valence-electron chi connectivity index (χ2n) is 6.59. The lowest BCUT2D eigenvalue weighted by Gasteiger charge is -2.37. The first kappa shape index (κ1) is 29.8. The zero-order valence-corrected chi connectivity index (χ0v) is 15.4. The van der Waals surface area contributed by atoms with Crippen LogP contribution in [0.15, 0.2) is 0 Å². The van der Waals surface area contributed by atoms with Crippen molar-refractivity contribution in [2.45, 2.75) is 60.1 Å². The summed E-state index contributed by atoms with van der Waals surface area (Å²) in [7, 11) is 0. The van der Waals surface area contributed by atoms with Crippen molar-refractivity contribution in [1.82, 2.24) is 0 Å². The summed E-state index contributed by atoms with van der Waals surface area (Å²) in [6.07, 6.45) is -41.4. The van der Waals surface area contributed by atoms with Crippen LogP contribution in [0.25, 0.3) is 0 Å². The summed E-state index contributed by atoms with van der Waals surface area (Å²) >= 11 is 0. The highest BCUT2D eigenvalue weighted by Crippen LogP contribution is 2.63. The van der Waals surface area contributed by atoms with Crippen LogP contribution in [0.5, 0.6) is 0 Å². The Morgan fingerprint density at radius 1 is 0.514 bits per heavy atom. The molecule has 2 aliphatic rings. The van der Waals surface area contributed by atoms with E-state index in [1.807, 2.05) is 4.74 Å². The molecule has 0 saturated carbocycles. The molecule has 0 aliphatic carbocycles. The average molecular weight is 566 g/mol. The Kier molecular flexibility index (Phi) is 6.45. The molecule has 35 heavy (non-hydrogen) atoms. The molecule has 0 bridgehead atoms. The molecule has 7 nitrogen and oxygen atoms in total. The Bertz CT molecular complexity index is 765. The Morgan fingerprint density at radius 3 is 0.943 bits per heavy atom. The lowest BCUT2D eigenvalue weighted by atomic mass is 10.2. The normalized spacial score (nSPS) is 38.2. The van der Waals surface area contributed by atoms with E-state index in [-0.39, 0.29) is 0 Å². The van der Waals surface area contributed by atoms with Gasteiger partial charge in [0.05, 0.1) is 0 Å². The minimum absolute atomic E-state index is 1.89. The molecule has 4 unspecified atom stereocenters. The SMILES string of the molecule is OCC1(C(F)(F)F)OC(F)(F)C(F)(C(F)(F)OC(F)(F)C2(F)OC(CO)(C(F)(F)F)OC2(F)F)O1. The van der Waals surface area contributed by atoms with Crippen LogP contribution in [0, 0.1) is 0 Å². The van der Waals surface area contributed by atoms with E-state index in [0.29, 0.717) is 0 Å². The first-order valence-electron chi connectivity index (χ1n) is 7.90. The molecule has 0 aromatic carbocycles. The molecule has 2 fully saturated rings. The molecule has 2 rings (SSSR count). The minimum atomic E-state index is -7.41. The van der Waals surface area contributed by atoms with Crippen LogP contribution >= 0.6 is 0 Å². The predicted molar refractivity (Wildman–Crippen MR) is 64.6 cm³/mol. The first-order chi connectivity index (χ1) is 15.2. The second-order valence-corrected chi connectivity index (χ2v) is 6.59. The van der Waals surface area contributed by atoms with Gasteiger partial charge in [-0.3, -0.25) is 18.9 Å². The summed E-state index contributed by atoms with van der Waals surface area (Å²) in [6.45, 7) is -5.92. The summed E-state index contributed by atoms with van der Waals surface area (Å²) in [5.74, 6) is -24.7. The molecule has 4 atom stereocenters. The molecule has 23 heteroatoms. The quantitative estimate of drug-likeness (QED) is 0.478. The van der Waals surface area contributed by atoms with E-state index < -0.39 is 73.3 Å². The minimum Gasteiger partial charge on any atom is -0.390 e. The van der Waals surface area contributed by atoms with Gasteiger partial charge in [0.25, 0.3) is 11.6 Å². The van der Waals surface area contributed by atoms with Gasteiger partial charge in [0.2, 0.25) is 0 Å². The smallest absolute Gasteiger partial charge is 0.390 e. The van der Waals surface area contributed by atoms with Gasteiger partial charge in [-0.25, -0.2) is 4.74 Å². The summed E-state index contributed by atoms with van der Waals surface area (Å²) < 4.78 is 228. The van der Waals surface area contributed by atoms with Crippen LogP contribution in [0.2, 0.25) is 0 Å². The fourth-order valence-corrected chi connectivity index (χ4v) is 2.45. The number of rotatable bonds is 6. The maximum Gasteiger partial charge on any atom is 0.446 e. The lowest BCUT2D eigenvalue weighted by molar-refractivity contribution is -0.524. The van der Waals surface area contributed by atoms with Gasteiger partial charge < -0.3 is 10.2 Å². The van der Waals surface area contributed by atoms with Crippen molar-refractivity contribution in [2.24, 2.45) is 0 Å². The Morgan fingerprint density at radius 2 is 0.771 bits per heavy atom. The van der Waals surface area contributed by atoms with Gasteiger partial charge >= 0.3 is 48.5 Å². The van der Waals surface area contributed by atoms with Crippen molar-refractivity contribution >= 4 is 0 Å². The number of ether oxygens (including phenoxy) is 5. The zero-order chi connectivity index (χ0) is 27.9. The topological polar surface area (TPSA) is 86.6 Å². The van der Waals surface area contributed by atoms with E-state index in [1.54, 1.807) is 0 Å². The van der Waals surface area contributed by atoms with Crippen LogP contribution < -0.4 is 0 Å². The second kappa shape index (κ2) is 7.56. The van der Waals surface area contributed by atoms with Gasteiger partial charge in [-0.1, -0.05) is 0 Å². The molecule has 0 radical (unpaired) electrons. The standard InChI is InChI=1S/C12H6F16O7/c13-5(9(21,22)33-3(1-29,31-5)7(15,16)17)11(25,26)35-12(27,28)6(14)10(23,24)34-4(2-30,32-6)8(18,19)20/h29-30H,1-2H2. The monoisotopic (exact) mass is 566 g/mol. The molecule has 0 amide bonds. The highest BCUT2D eigenvalue weighted by Gasteiger charge is 2.91. The molecule has 0 spiro atoms. The largest absolute Gasteiger partial charge is 0.446 e. The van der Waals surface area contributed by atoms with Crippen molar-refractivity contribution in [3.8, 4) is 0 Å². The van der Waals surface area contributed by atoms with Gasteiger partial charge in [0.15, 0.2) is 0 Å². The zero-order valence-electron chi connectivity index (χ0n) is 15.4. The Balaban J connectivity index is 2.55. The molecular weight excluding hydrogens is 560 g/mol. The van der Waals surface area contributed by atoms with Crippen LogP contribution in [0.3, 0.4) is 0 Å². The van der Waals surface area contributed by atoms with Gasteiger partial charge in [-0.2, -0.15) is 70.2 Å². The van der Waals surface area contributed by atoms with E-state index >= 15 is 0 Å². The maximum absolute atomic E-state index is 14.3. The van der Waals surface area contributed by atoms with E-state index in [1.165, 1.54) is 0 Å². The fourth-order valence-electron chi connectivity index (χ4n) is 2.45. The van der Waals surface area contributed by atoms with Crippen LogP contribution in [0.1, 0.15) is 0 Å². The van der Waals surface area contributed by atoms with Crippen molar-refractivity contribution in [2.75, 3.05) is 13.2 Å². The van der Waals surface area contributed by atoms with Crippen LogP contribution in [-0.4, -0.2) is 83.5 Å². The van der Waals surface area contributed by atoms with Gasteiger partial charge in [-0.05, 0) is 0 Å². The summed E-state index contributed by atoms with van der Waals surface area (Å²) in [4.78, 5) is 0. The third-order valence-electron chi connectivity index (χ3n) is 4.23. The highest BCUT2D eigenvalue weighted by atomic mass is 19.4. The summed E-state index contributed by atoms with van der Waals surface area (Å²) in [6, 6.07) is 0. The van der Waals surface area contributed by atoms with E-state index in [2.05, 4.69) is 18.9 Å². The molecule has 0 aromatic heterocycles.